The van der Waals surface area contributed by atoms with E-state index in [-0.39, 0.29) is 0 Å². The largest absolute Gasteiger partial charge is 0.456 e. The summed E-state index contributed by atoms with van der Waals surface area (Å²) in [7, 11) is 0. The fourth-order valence-corrected chi connectivity index (χ4v) is 8.50. The van der Waals surface area contributed by atoms with Gasteiger partial charge in [0.2, 0.25) is 0 Å². The molecule has 4 heteroatoms. The number of hydrogen-bond acceptors (Lipinski definition) is 4. The number of benzene rings is 9. The van der Waals surface area contributed by atoms with Crippen molar-refractivity contribution in [2.45, 2.75) is 0 Å². The van der Waals surface area contributed by atoms with Crippen LogP contribution in [0.3, 0.4) is 0 Å². The Bertz CT molecular complexity index is 3370. The van der Waals surface area contributed by atoms with Crippen LogP contribution in [0.5, 0.6) is 0 Å². The van der Waals surface area contributed by atoms with E-state index in [0.717, 1.165) is 99.5 Å². The zero-order chi connectivity index (χ0) is 37.5. The Morgan fingerprint density at radius 3 is 1.25 bits per heavy atom. The first kappa shape index (κ1) is 31.6. The number of nitrogens with zero attached hydrogens (tertiary/aromatic N) is 2. The van der Waals surface area contributed by atoms with Crippen molar-refractivity contribution in [3.63, 3.8) is 0 Å². The van der Waals surface area contributed by atoms with Crippen molar-refractivity contribution in [2.24, 2.45) is 0 Å². The number of aromatic nitrogens is 1. The third-order valence-corrected chi connectivity index (χ3v) is 11.4. The summed E-state index contributed by atoms with van der Waals surface area (Å²) in [5.41, 5.74) is 10.8. The fourth-order valence-electron chi connectivity index (χ4n) is 8.50. The van der Waals surface area contributed by atoms with Crippen LogP contribution in [0.15, 0.2) is 203 Å². The molecule has 3 aromatic heterocycles. The van der Waals surface area contributed by atoms with Gasteiger partial charge < -0.3 is 13.7 Å². The lowest BCUT2D eigenvalue weighted by molar-refractivity contribution is 0.669. The summed E-state index contributed by atoms with van der Waals surface area (Å²) in [6.45, 7) is 0. The van der Waals surface area contributed by atoms with Crippen LogP contribution in [0.4, 0.5) is 17.1 Å². The molecular weight excluding hydrogens is 697 g/mol. The van der Waals surface area contributed by atoms with Crippen molar-refractivity contribution in [1.82, 2.24) is 4.98 Å². The van der Waals surface area contributed by atoms with Crippen LogP contribution < -0.4 is 4.90 Å². The van der Waals surface area contributed by atoms with Gasteiger partial charge in [0.15, 0.2) is 0 Å². The van der Waals surface area contributed by atoms with Crippen molar-refractivity contribution < 1.29 is 8.83 Å². The highest BCUT2D eigenvalue weighted by Crippen LogP contribution is 2.42. The molecule has 4 nitrogen and oxygen atoms in total. The molecule has 0 bridgehead atoms. The van der Waals surface area contributed by atoms with Crippen molar-refractivity contribution in [3.8, 4) is 22.4 Å². The molecule has 0 saturated heterocycles. The van der Waals surface area contributed by atoms with Gasteiger partial charge in [-0.05, 0) is 105 Å². The van der Waals surface area contributed by atoms with E-state index < -0.39 is 0 Å². The third kappa shape index (κ3) is 5.26. The molecule has 9 aromatic carbocycles. The Morgan fingerprint density at radius 1 is 0.316 bits per heavy atom. The predicted octanol–water partition coefficient (Wildman–Crippen LogP) is 15.1. The van der Waals surface area contributed by atoms with Gasteiger partial charge in [-0.1, -0.05) is 109 Å². The summed E-state index contributed by atoms with van der Waals surface area (Å²) >= 11 is 0. The van der Waals surface area contributed by atoms with Crippen LogP contribution in [0.1, 0.15) is 0 Å². The van der Waals surface area contributed by atoms with E-state index in [4.69, 9.17) is 13.8 Å². The molecule has 3 heterocycles. The zero-order valence-electron chi connectivity index (χ0n) is 30.7. The Kier molecular flexibility index (Phi) is 6.89. The molecule has 0 saturated carbocycles. The average molecular weight is 729 g/mol. The Morgan fingerprint density at radius 2 is 0.719 bits per heavy atom. The van der Waals surface area contributed by atoms with Crippen molar-refractivity contribution in [2.75, 3.05) is 4.90 Å². The van der Waals surface area contributed by atoms with Gasteiger partial charge in [0.25, 0.3) is 0 Å². The van der Waals surface area contributed by atoms with Crippen molar-refractivity contribution >= 4 is 93.3 Å². The summed E-state index contributed by atoms with van der Waals surface area (Å²) in [6.07, 6.45) is 1.95. The lowest BCUT2D eigenvalue weighted by atomic mass is 10.0. The molecule has 0 radical (unpaired) electrons. The summed E-state index contributed by atoms with van der Waals surface area (Å²) in [4.78, 5) is 7.02. The van der Waals surface area contributed by atoms with Gasteiger partial charge >= 0.3 is 0 Å². The number of pyridine rings is 1. The van der Waals surface area contributed by atoms with Crippen LogP contribution in [-0.4, -0.2) is 4.98 Å². The van der Waals surface area contributed by atoms with Crippen LogP contribution in [0.25, 0.3) is 98.6 Å². The number of rotatable bonds is 5. The van der Waals surface area contributed by atoms with E-state index in [1.165, 1.54) is 16.2 Å². The standard InChI is InChI=1S/C53H32N2O2/c1-3-10-39-28-50-47(25-36(39)7-1)45-23-21-43(30-52(45)56-50)55(44-22-24-46-48-26-37-8-2-4-11-40(37)29-51(48)57-53(46)31-44)42-19-17-34(18-20-42)33-13-15-35(16-14-33)49-27-38-9-5-6-12-41(38)32-54-49/h1-32H. The Hall–Kier alpha value is -7.69. The lowest BCUT2D eigenvalue weighted by Crippen LogP contribution is -2.09. The monoisotopic (exact) mass is 728 g/mol. The predicted molar refractivity (Wildman–Crippen MR) is 237 cm³/mol. The SMILES string of the molecule is c1ccc2cc(-c3ccc(-c4ccc(N(c5ccc6c(c5)oc5cc7ccccc7cc56)c5ccc6c(c5)oc5cc7ccccc7cc56)cc4)cc3)ncc2c1. The summed E-state index contributed by atoms with van der Waals surface area (Å²) in [6, 6.07) is 66.6. The van der Waals surface area contributed by atoms with E-state index in [1.54, 1.807) is 0 Å². The minimum Gasteiger partial charge on any atom is -0.456 e. The summed E-state index contributed by atoms with van der Waals surface area (Å²) in [5.74, 6) is 0. The highest BCUT2D eigenvalue weighted by Gasteiger charge is 2.19. The molecular formula is C53H32N2O2. The van der Waals surface area contributed by atoms with E-state index in [2.05, 4.69) is 187 Å². The zero-order valence-corrected chi connectivity index (χ0v) is 30.7. The number of furan rings is 2. The molecule has 0 aliphatic heterocycles. The number of anilines is 3. The normalized spacial score (nSPS) is 11.9. The van der Waals surface area contributed by atoms with Gasteiger partial charge in [0, 0.05) is 67.9 Å². The molecule has 57 heavy (non-hydrogen) atoms. The van der Waals surface area contributed by atoms with Crippen molar-refractivity contribution in [1.29, 1.82) is 0 Å². The van der Waals surface area contributed by atoms with E-state index >= 15 is 0 Å². The molecule has 0 spiro atoms. The van der Waals surface area contributed by atoms with Crippen molar-refractivity contribution in [3.05, 3.63) is 194 Å². The second-order valence-electron chi connectivity index (χ2n) is 14.8. The second-order valence-corrected chi connectivity index (χ2v) is 14.8. The number of fused-ring (bicyclic) bond motifs is 9. The highest BCUT2D eigenvalue weighted by molar-refractivity contribution is 6.12. The maximum Gasteiger partial charge on any atom is 0.137 e. The smallest absolute Gasteiger partial charge is 0.137 e. The van der Waals surface area contributed by atoms with Crippen LogP contribution in [0, 0.1) is 0 Å². The van der Waals surface area contributed by atoms with Crippen LogP contribution in [-0.2, 0) is 0 Å². The molecule has 0 atom stereocenters. The second kappa shape index (κ2) is 12.4. The van der Waals surface area contributed by atoms with Gasteiger partial charge in [0.1, 0.15) is 22.3 Å². The molecule has 0 aliphatic carbocycles. The molecule has 0 N–H and O–H groups in total. The Labute approximate surface area is 327 Å². The quantitative estimate of drug-likeness (QED) is 0.177. The van der Waals surface area contributed by atoms with Gasteiger partial charge in [-0.15, -0.1) is 0 Å². The minimum absolute atomic E-state index is 0.844. The number of hydrogen-bond donors (Lipinski definition) is 0. The minimum atomic E-state index is 0.844. The molecule has 12 aromatic rings. The first-order chi connectivity index (χ1) is 28.2. The topological polar surface area (TPSA) is 42.4 Å². The first-order valence-corrected chi connectivity index (χ1v) is 19.2. The fraction of sp³-hybridized carbons (Fsp3) is 0. The van der Waals surface area contributed by atoms with Gasteiger partial charge in [-0.3, -0.25) is 4.98 Å². The van der Waals surface area contributed by atoms with E-state index in [9.17, 15) is 0 Å². The first-order valence-electron chi connectivity index (χ1n) is 19.2. The average Bonchev–Trinajstić information content (AvgIpc) is 3.81. The highest BCUT2D eigenvalue weighted by atomic mass is 16.3. The van der Waals surface area contributed by atoms with Crippen LogP contribution in [0.2, 0.25) is 0 Å². The molecule has 0 unspecified atom stereocenters. The summed E-state index contributed by atoms with van der Waals surface area (Å²) < 4.78 is 13.1. The van der Waals surface area contributed by atoms with Gasteiger partial charge in [-0.2, -0.15) is 0 Å². The maximum absolute atomic E-state index is 6.56. The van der Waals surface area contributed by atoms with Gasteiger partial charge in [0.05, 0.1) is 5.69 Å². The van der Waals surface area contributed by atoms with E-state index in [0.29, 0.717) is 0 Å². The molecule has 0 amide bonds. The lowest BCUT2D eigenvalue weighted by Gasteiger charge is -2.25. The van der Waals surface area contributed by atoms with E-state index in [1.807, 2.05) is 12.3 Å². The Balaban J connectivity index is 0.957. The maximum atomic E-state index is 6.56. The van der Waals surface area contributed by atoms with Crippen LogP contribution >= 0.6 is 0 Å². The summed E-state index contributed by atoms with van der Waals surface area (Å²) in [5, 5.41) is 11.5. The molecule has 0 aliphatic rings. The molecule has 0 fully saturated rings. The van der Waals surface area contributed by atoms with Gasteiger partial charge in [-0.25, -0.2) is 0 Å². The molecule has 266 valence electrons. The molecule has 12 rings (SSSR count). The third-order valence-electron chi connectivity index (χ3n) is 11.4.